The third kappa shape index (κ3) is 6.52. The normalized spacial score (nSPS) is 16.1. The Labute approximate surface area is 151 Å². The smallest absolute Gasteiger partial charge is 0.188 e. The molecule has 2 rings (SSSR count). The molecule has 1 aliphatic rings. The maximum absolute atomic E-state index is 5.87. The fourth-order valence-electron chi connectivity index (χ4n) is 2.70. The maximum atomic E-state index is 5.87. The van der Waals surface area contributed by atoms with Crippen molar-refractivity contribution >= 4 is 29.9 Å². The van der Waals surface area contributed by atoms with Crippen LogP contribution in [-0.4, -0.2) is 30.5 Å². The summed E-state index contributed by atoms with van der Waals surface area (Å²) in [7, 11) is 0. The number of rotatable bonds is 6. The van der Waals surface area contributed by atoms with Crippen molar-refractivity contribution in [3.63, 3.8) is 0 Å². The van der Waals surface area contributed by atoms with E-state index in [9.17, 15) is 0 Å². The molecule has 22 heavy (non-hydrogen) atoms. The van der Waals surface area contributed by atoms with Crippen LogP contribution in [-0.2, 0) is 13.1 Å². The molecule has 0 amide bonds. The topological polar surface area (TPSA) is 53.6 Å². The summed E-state index contributed by atoms with van der Waals surface area (Å²) in [5.74, 6) is 0.546. The van der Waals surface area contributed by atoms with Gasteiger partial charge in [0, 0.05) is 13.1 Å². The lowest BCUT2D eigenvalue weighted by atomic mass is 10.1. The second kappa shape index (κ2) is 10.8. The van der Waals surface area contributed by atoms with E-state index in [0.29, 0.717) is 12.5 Å². The minimum Gasteiger partial charge on any atom is -0.370 e. The summed E-state index contributed by atoms with van der Waals surface area (Å²) < 4.78 is 0. The Morgan fingerprint density at radius 3 is 2.55 bits per heavy atom. The SMILES string of the molecule is CCCNC(N)=NCc1ccccc1CN1CCCCC1.I. The quantitative estimate of drug-likeness (QED) is 0.426. The minimum atomic E-state index is 0. The molecule has 0 aliphatic carbocycles. The van der Waals surface area contributed by atoms with Crippen LogP contribution < -0.4 is 11.1 Å². The monoisotopic (exact) mass is 416 g/mol. The van der Waals surface area contributed by atoms with E-state index in [0.717, 1.165) is 19.5 Å². The maximum Gasteiger partial charge on any atom is 0.188 e. The number of guanidine groups is 1. The van der Waals surface area contributed by atoms with Gasteiger partial charge in [-0.05, 0) is 43.5 Å². The van der Waals surface area contributed by atoms with Crippen LogP contribution in [0.2, 0.25) is 0 Å². The second-order valence-corrected chi connectivity index (χ2v) is 5.73. The van der Waals surface area contributed by atoms with Gasteiger partial charge in [-0.3, -0.25) is 4.90 Å². The van der Waals surface area contributed by atoms with Crippen LogP contribution in [0.4, 0.5) is 0 Å². The summed E-state index contributed by atoms with van der Waals surface area (Å²) in [4.78, 5) is 7.00. The van der Waals surface area contributed by atoms with E-state index in [-0.39, 0.29) is 24.0 Å². The molecule has 0 bridgehead atoms. The van der Waals surface area contributed by atoms with Gasteiger partial charge in [0.2, 0.25) is 0 Å². The van der Waals surface area contributed by atoms with Crippen molar-refractivity contribution in [2.75, 3.05) is 19.6 Å². The molecule has 1 aromatic rings. The van der Waals surface area contributed by atoms with Gasteiger partial charge in [-0.25, -0.2) is 4.99 Å². The first-order valence-corrected chi connectivity index (χ1v) is 8.12. The number of aliphatic imine (C=N–C) groups is 1. The molecule has 1 aromatic carbocycles. The molecule has 1 saturated heterocycles. The Morgan fingerprint density at radius 1 is 1.18 bits per heavy atom. The predicted octanol–water partition coefficient (Wildman–Crippen LogP) is 3.10. The molecule has 1 aliphatic heterocycles. The number of nitrogens with zero attached hydrogens (tertiary/aromatic N) is 2. The Hall–Kier alpha value is -0.820. The molecule has 3 N–H and O–H groups in total. The first-order valence-electron chi connectivity index (χ1n) is 8.12. The zero-order valence-electron chi connectivity index (χ0n) is 13.6. The van der Waals surface area contributed by atoms with E-state index < -0.39 is 0 Å². The van der Waals surface area contributed by atoms with Crippen LogP contribution in [0.1, 0.15) is 43.7 Å². The summed E-state index contributed by atoms with van der Waals surface area (Å²) >= 11 is 0. The second-order valence-electron chi connectivity index (χ2n) is 5.73. The zero-order chi connectivity index (χ0) is 14.9. The van der Waals surface area contributed by atoms with Crippen LogP contribution in [0.15, 0.2) is 29.3 Å². The van der Waals surface area contributed by atoms with Crippen LogP contribution in [0.25, 0.3) is 0 Å². The molecule has 1 heterocycles. The molecule has 0 atom stereocenters. The molecule has 1 fully saturated rings. The summed E-state index contributed by atoms with van der Waals surface area (Å²) in [5.41, 5.74) is 8.53. The van der Waals surface area contributed by atoms with Gasteiger partial charge in [0.15, 0.2) is 5.96 Å². The van der Waals surface area contributed by atoms with Crippen molar-refractivity contribution in [2.24, 2.45) is 10.7 Å². The number of nitrogens with two attached hydrogens (primary N) is 1. The van der Waals surface area contributed by atoms with Crippen LogP contribution in [0.5, 0.6) is 0 Å². The van der Waals surface area contributed by atoms with E-state index in [4.69, 9.17) is 5.73 Å². The minimum absolute atomic E-state index is 0. The lowest BCUT2D eigenvalue weighted by Gasteiger charge is -2.27. The van der Waals surface area contributed by atoms with E-state index in [1.807, 2.05) is 0 Å². The van der Waals surface area contributed by atoms with Crippen molar-refractivity contribution in [1.82, 2.24) is 10.2 Å². The third-order valence-corrected chi connectivity index (χ3v) is 3.94. The highest BCUT2D eigenvalue weighted by atomic mass is 127. The largest absolute Gasteiger partial charge is 0.370 e. The highest BCUT2D eigenvalue weighted by molar-refractivity contribution is 14.0. The van der Waals surface area contributed by atoms with Crippen molar-refractivity contribution in [1.29, 1.82) is 0 Å². The molecule has 5 heteroatoms. The van der Waals surface area contributed by atoms with E-state index >= 15 is 0 Å². The molecule has 4 nitrogen and oxygen atoms in total. The summed E-state index contributed by atoms with van der Waals surface area (Å²) in [6, 6.07) is 8.58. The predicted molar refractivity (Wildman–Crippen MR) is 105 cm³/mol. The standard InChI is InChI=1S/C17H28N4.HI/c1-2-10-19-17(18)20-13-15-8-4-5-9-16(15)14-21-11-6-3-7-12-21;/h4-5,8-9H,2-3,6-7,10-14H2,1H3,(H3,18,19,20);1H. The van der Waals surface area contributed by atoms with Crippen LogP contribution in [0.3, 0.4) is 0 Å². The number of likely N-dealkylation sites (tertiary alicyclic amines) is 1. The van der Waals surface area contributed by atoms with Gasteiger partial charge in [-0.15, -0.1) is 24.0 Å². The molecular weight excluding hydrogens is 387 g/mol. The lowest BCUT2D eigenvalue weighted by Crippen LogP contribution is -2.32. The average molecular weight is 416 g/mol. The summed E-state index contributed by atoms with van der Waals surface area (Å²) in [6.07, 6.45) is 5.09. The Balaban J connectivity index is 0.00000242. The van der Waals surface area contributed by atoms with Gasteiger partial charge in [-0.2, -0.15) is 0 Å². The number of benzene rings is 1. The average Bonchev–Trinajstić information content (AvgIpc) is 2.53. The number of hydrogen-bond acceptors (Lipinski definition) is 2. The van der Waals surface area contributed by atoms with Gasteiger partial charge in [-0.1, -0.05) is 37.6 Å². The van der Waals surface area contributed by atoms with E-state index in [1.165, 1.54) is 43.5 Å². The van der Waals surface area contributed by atoms with Gasteiger partial charge in [0.1, 0.15) is 0 Å². The Morgan fingerprint density at radius 2 is 1.86 bits per heavy atom. The Kier molecular flexibility index (Phi) is 9.47. The van der Waals surface area contributed by atoms with E-state index in [2.05, 4.69) is 46.4 Å². The molecule has 0 radical (unpaired) electrons. The highest BCUT2D eigenvalue weighted by Gasteiger charge is 2.12. The molecule has 0 unspecified atom stereocenters. The zero-order valence-corrected chi connectivity index (χ0v) is 15.9. The van der Waals surface area contributed by atoms with Gasteiger partial charge in [0.05, 0.1) is 6.54 Å². The van der Waals surface area contributed by atoms with Crippen molar-refractivity contribution < 1.29 is 0 Å². The fraction of sp³-hybridized carbons (Fsp3) is 0.588. The number of nitrogens with one attached hydrogen (secondary N) is 1. The third-order valence-electron chi connectivity index (χ3n) is 3.94. The van der Waals surface area contributed by atoms with Gasteiger partial charge in [0.25, 0.3) is 0 Å². The van der Waals surface area contributed by atoms with Crippen LogP contribution >= 0.6 is 24.0 Å². The molecule has 0 saturated carbocycles. The number of hydrogen-bond donors (Lipinski definition) is 2. The first-order chi connectivity index (χ1) is 10.3. The fourth-order valence-corrected chi connectivity index (χ4v) is 2.70. The van der Waals surface area contributed by atoms with Crippen molar-refractivity contribution in [3.8, 4) is 0 Å². The molecular formula is C17H29IN4. The number of piperidine rings is 1. The van der Waals surface area contributed by atoms with Crippen LogP contribution in [0, 0.1) is 0 Å². The number of halogens is 1. The summed E-state index contributed by atoms with van der Waals surface area (Å²) in [5, 5.41) is 3.12. The van der Waals surface area contributed by atoms with Gasteiger partial charge >= 0.3 is 0 Å². The molecule has 0 spiro atoms. The van der Waals surface area contributed by atoms with Gasteiger partial charge < -0.3 is 11.1 Å². The van der Waals surface area contributed by atoms with Crippen molar-refractivity contribution in [3.05, 3.63) is 35.4 Å². The summed E-state index contributed by atoms with van der Waals surface area (Å²) in [6.45, 7) is 7.13. The highest BCUT2D eigenvalue weighted by Crippen LogP contribution is 2.16. The Bertz CT molecular complexity index is 456. The molecule has 0 aromatic heterocycles. The lowest BCUT2D eigenvalue weighted by molar-refractivity contribution is 0.220. The first kappa shape index (κ1) is 19.2. The van der Waals surface area contributed by atoms with E-state index in [1.54, 1.807) is 0 Å². The van der Waals surface area contributed by atoms with Crippen molar-refractivity contribution in [2.45, 2.75) is 45.7 Å². The molecule has 124 valence electrons.